The fourth-order valence-corrected chi connectivity index (χ4v) is 2.52. The summed E-state index contributed by atoms with van der Waals surface area (Å²) < 4.78 is 0. The van der Waals surface area contributed by atoms with Crippen LogP contribution >= 0.6 is 0 Å². The minimum Gasteiger partial charge on any atom is -0.357 e. The number of carbonyl (C=O) groups is 2. The van der Waals surface area contributed by atoms with Crippen LogP contribution in [0.15, 0.2) is 24.3 Å². The summed E-state index contributed by atoms with van der Waals surface area (Å²) in [6.45, 7) is 2.06. The molecule has 102 valence electrons. The van der Waals surface area contributed by atoms with Crippen LogP contribution < -0.4 is 10.2 Å². The molecule has 0 saturated carbocycles. The second-order valence-corrected chi connectivity index (χ2v) is 4.83. The Balaban J connectivity index is 2.28. The fraction of sp³-hybridized carbons (Fsp3) is 0.467. The van der Waals surface area contributed by atoms with E-state index >= 15 is 0 Å². The van der Waals surface area contributed by atoms with Gasteiger partial charge in [0.15, 0.2) is 0 Å². The van der Waals surface area contributed by atoms with Crippen LogP contribution in [0.1, 0.15) is 31.7 Å². The van der Waals surface area contributed by atoms with Crippen LogP contribution in [0, 0.1) is 0 Å². The highest BCUT2D eigenvalue weighted by Crippen LogP contribution is 2.32. The Hall–Kier alpha value is -1.84. The maximum atomic E-state index is 12.3. The number of nitrogens with zero attached hydrogens (tertiary/aromatic N) is 1. The fourth-order valence-electron chi connectivity index (χ4n) is 2.52. The van der Waals surface area contributed by atoms with Crippen LogP contribution in [-0.2, 0) is 16.0 Å². The second kappa shape index (κ2) is 5.87. The third-order valence-electron chi connectivity index (χ3n) is 3.54. The summed E-state index contributed by atoms with van der Waals surface area (Å²) in [5, 5.41) is 2.65. The van der Waals surface area contributed by atoms with Gasteiger partial charge in [-0.2, -0.15) is 0 Å². The van der Waals surface area contributed by atoms with Crippen LogP contribution in [0.25, 0.3) is 0 Å². The average Bonchev–Trinajstić information content (AvgIpc) is 2.83. The smallest absolute Gasteiger partial charge is 0.243 e. The van der Waals surface area contributed by atoms with Crippen molar-refractivity contribution in [3.05, 3.63) is 29.8 Å². The summed E-state index contributed by atoms with van der Waals surface area (Å²) >= 11 is 0. The Kier molecular flexibility index (Phi) is 4.20. The van der Waals surface area contributed by atoms with Gasteiger partial charge in [-0.3, -0.25) is 14.5 Å². The number of benzene rings is 1. The summed E-state index contributed by atoms with van der Waals surface area (Å²) in [6, 6.07) is 7.36. The molecule has 1 aromatic carbocycles. The number of likely N-dealkylation sites (N-methyl/N-ethyl adjacent to an activating group) is 1. The molecule has 0 radical (unpaired) electrons. The first-order chi connectivity index (χ1) is 9.19. The zero-order chi connectivity index (χ0) is 13.8. The molecule has 0 unspecified atom stereocenters. The first-order valence-electron chi connectivity index (χ1n) is 6.80. The van der Waals surface area contributed by atoms with Crippen LogP contribution in [0.4, 0.5) is 5.69 Å². The monoisotopic (exact) mass is 260 g/mol. The SMILES string of the molecule is CCCCC(=O)N1c2ccccc2C[C@H]1C(=O)NC. The Labute approximate surface area is 113 Å². The van der Waals surface area contributed by atoms with Crippen LogP contribution in [0.3, 0.4) is 0 Å². The second-order valence-electron chi connectivity index (χ2n) is 4.83. The summed E-state index contributed by atoms with van der Waals surface area (Å²) in [5.41, 5.74) is 1.96. The predicted molar refractivity (Wildman–Crippen MR) is 75.0 cm³/mol. The molecule has 0 saturated heterocycles. The Morgan fingerprint density at radius 3 is 2.79 bits per heavy atom. The molecule has 0 aliphatic carbocycles. The number of fused-ring (bicyclic) bond motifs is 1. The summed E-state index contributed by atoms with van der Waals surface area (Å²) in [6.07, 6.45) is 2.94. The van der Waals surface area contributed by atoms with Crippen molar-refractivity contribution in [3.8, 4) is 0 Å². The minimum absolute atomic E-state index is 0.0420. The van der Waals surface area contributed by atoms with Gasteiger partial charge in [-0.15, -0.1) is 0 Å². The van der Waals surface area contributed by atoms with Crippen molar-refractivity contribution in [3.63, 3.8) is 0 Å². The Morgan fingerprint density at radius 2 is 2.11 bits per heavy atom. The molecule has 4 nitrogen and oxygen atoms in total. The Bertz CT molecular complexity index is 485. The first-order valence-corrected chi connectivity index (χ1v) is 6.80. The number of hydrogen-bond donors (Lipinski definition) is 1. The van der Waals surface area contributed by atoms with E-state index in [1.165, 1.54) is 0 Å². The van der Waals surface area contributed by atoms with Crippen LogP contribution in [0.5, 0.6) is 0 Å². The van der Waals surface area contributed by atoms with E-state index in [0.717, 1.165) is 24.1 Å². The van der Waals surface area contributed by atoms with E-state index in [-0.39, 0.29) is 11.8 Å². The summed E-state index contributed by atoms with van der Waals surface area (Å²) in [7, 11) is 1.61. The van der Waals surface area contributed by atoms with Crippen molar-refractivity contribution < 1.29 is 9.59 Å². The zero-order valence-corrected chi connectivity index (χ0v) is 11.5. The van der Waals surface area contributed by atoms with Crippen molar-refractivity contribution in [2.24, 2.45) is 0 Å². The highest BCUT2D eigenvalue weighted by molar-refractivity contribution is 6.03. The van der Waals surface area contributed by atoms with E-state index in [2.05, 4.69) is 12.2 Å². The normalized spacial score (nSPS) is 17.2. The van der Waals surface area contributed by atoms with Gasteiger partial charge in [0, 0.05) is 25.6 Å². The molecule has 1 aromatic rings. The number of para-hydroxylation sites is 1. The molecule has 0 aromatic heterocycles. The van der Waals surface area contributed by atoms with Crippen LogP contribution in [0.2, 0.25) is 0 Å². The number of carbonyl (C=O) groups excluding carboxylic acids is 2. The molecule has 1 heterocycles. The molecule has 1 aliphatic heterocycles. The number of amides is 2. The highest BCUT2D eigenvalue weighted by atomic mass is 16.2. The number of hydrogen-bond acceptors (Lipinski definition) is 2. The van der Waals surface area contributed by atoms with Crippen molar-refractivity contribution >= 4 is 17.5 Å². The zero-order valence-electron chi connectivity index (χ0n) is 11.5. The lowest BCUT2D eigenvalue weighted by molar-refractivity contribution is -0.125. The molecule has 1 atom stereocenters. The van der Waals surface area contributed by atoms with Crippen molar-refractivity contribution in [1.29, 1.82) is 0 Å². The molecule has 1 N–H and O–H groups in total. The van der Waals surface area contributed by atoms with E-state index in [0.29, 0.717) is 12.8 Å². The lowest BCUT2D eigenvalue weighted by Gasteiger charge is -2.24. The quantitative estimate of drug-likeness (QED) is 0.898. The van der Waals surface area contributed by atoms with Gasteiger partial charge in [-0.25, -0.2) is 0 Å². The maximum absolute atomic E-state index is 12.3. The molecule has 1 aliphatic rings. The standard InChI is InChI=1S/C15H20N2O2/c1-3-4-9-14(18)17-12-8-6-5-7-11(12)10-13(17)15(19)16-2/h5-8,13H,3-4,9-10H2,1-2H3,(H,16,19)/t13-/m0/s1. The third-order valence-corrected chi connectivity index (χ3v) is 3.54. The van der Waals surface area contributed by atoms with Gasteiger partial charge in [0.05, 0.1) is 0 Å². The van der Waals surface area contributed by atoms with Gasteiger partial charge in [0.1, 0.15) is 6.04 Å². The van der Waals surface area contributed by atoms with Gasteiger partial charge >= 0.3 is 0 Å². The van der Waals surface area contributed by atoms with Gasteiger partial charge in [-0.1, -0.05) is 31.5 Å². The maximum Gasteiger partial charge on any atom is 0.243 e. The molecular weight excluding hydrogens is 240 g/mol. The van der Waals surface area contributed by atoms with Gasteiger partial charge in [0.2, 0.25) is 11.8 Å². The molecule has 2 rings (SSSR count). The predicted octanol–water partition coefficient (Wildman–Crippen LogP) is 1.88. The Morgan fingerprint density at radius 1 is 1.37 bits per heavy atom. The lowest BCUT2D eigenvalue weighted by atomic mass is 10.1. The minimum atomic E-state index is -0.397. The molecule has 4 heteroatoms. The van der Waals surface area contributed by atoms with Gasteiger partial charge in [0.25, 0.3) is 0 Å². The van der Waals surface area contributed by atoms with E-state index in [1.807, 2.05) is 24.3 Å². The van der Waals surface area contributed by atoms with Gasteiger partial charge in [-0.05, 0) is 18.1 Å². The molecule has 2 amide bonds. The van der Waals surface area contributed by atoms with E-state index in [4.69, 9.17) is 0 Å². The summed E-state index contributed by atoms with van der Waals surface area (Å²) in [5.74, 6) is -0.0542. The first kappa shape index (κ1) is 13.6. The summed E-state index contributed by atoms with van der Waals surface area (Å²) in [4.78, 5) is 26.0. The molecule has 19 heavy (non-hydrogen) atoms. The largest absolute Gasteiger partial charge is 0.357 e. The number of nitrogens with one attached hydrogen (secondary N) is 1. The number of unbranched alkanes of at least 4 members (excludes halogenated alkanes) is 1. The molecule has 0 spiro atoms. The van der Waals surface area contributed by atoms with Crippen molar-refractivity contribution in [2.45, 2.75) is 38.6 Å². The van der Waals surface area contributed by atoms with E-state index in [9.17, 15) is 9.59 Å². The van der Waals surface area contributed by atoms with Crippen LogP contribution in [-0.4, -0.2) is 24.9 Å². The third kappa shape index (κ3) is 2.62. The van der Waals surface area contributed by atoms with Gasteiger partial charge < -0.3 is 5.32 Å². The average molecular weight is 260 g/mol. The number of anilines is 1. The molecular formula is C15H20N2O2. The van der Waals surface area contributed by atoms with E-state index < -0.39 is 6.04 Å². The van der Waals surface area contributed by atoms with Crippen molar-refractivity contribution in [2.75, 3.05) is 11.9 Å². The van der Waals surface area contributed by atoms with Crippen molar-refractivity contribution in [1.82, 2.24) is 5.32 Å². The molecule has 0 fully saturated rings. The topological polar surface area (TPSA) is 49.4 Å². The number of rotatable bonds is 4. The molecule has 0 bridgehead atoms. The van der Waals surface area contributed by atoms with E-state index in [1.54, 1.807) is 11.9 Å². The highest BCUT2D eigenvalue weighted by Gasteiger charge is 2.37. The lowest BCUT2D eigenvalue weighted by Crippen LogP contribution is -2.47.